The number of carbonyl (C=O) groups is 1. The van der Waals surface area contributed by atoms with E-state index in [9.17, 15) is 4.79 Å². The predicted octanol–water partition coefficient (Wildman–Crippen LogP) is 0.820. The summed E-state index contributed by atoms with van der Waals surface area (Å²) in [5, 5.41) is 18.7. The largest absolute Gasteiger partial charge is 0.456 e. The smallest absolute Gasteiger partial charge is 0.287 e. The number of hydrogen-bond acceptors (Lipinski definition) is 7. The quantitative estimate of drug-likeness (QED) is 0.760. The number of aryl methyl sites for hydroxylation is 1. The molecule has 1 aliphatic rings. The second-order valence-electron chi connectivity index (χ2n) is 5.86. The molecule has 124 valence electrons. The lowest BCUT2D eigenvalue weighted by Crippen LogP contribution is -2.45. The Balaban J connectivity index is 1.37. The average Bonchev–Trinajstić information content (AvgIpc) is 3.23. The molecule has 24 heavy (non-hydrogen) atoms. The molecule has 4 heterocycles. The van der Waals surface area contributed by atoms with Crippen LogP contribution in [0.3, 0.4) is 0 Å². The van der Waals surface area contributed by atoms with Crippen molar-refractivity contribution in [3.05, 3.63) is 35.8 Å². The lowest BCUT2D eigenvalue weighted by atomic mass is 10.0. The van der Waals surface area contributed by atoms with Gasteiger partial charge in [0, 0.05) is 19.1 Å². The molecule has 3 aromatic rings. The first kappa shape index (κ1) is 14.6. The summed E-state index contributed by atoms with van der Waals surface area (Å²) in [5.74, 6) is 1.77. The summed E-state index contributed by atoms with van der Waals surface area (Å²) in [6.07, 6.45) is 1.70. The van der Waals surface area contributed by atoms with Crippen molar-refractivity contribution in [1.82, 2.24) is 30.6 Å². The minimum absolute atomic E-state index is 0.135. The van der Waals surface area contributed by atoms with E-state index < -0.39 is 0 Å². The average molecular weight is 327 g/mol. The second kappa shape index (κ2) is 5.91. The fourth-order valence-electron chi connectivity index (χ4n) is 2.87. The molecule has 1 N–H and O–H groups in total. The maximum Gasteiger partial charge on any atom is 0.287 e. The predicted molar refractivity (Wildman–Crippen MR) is 84.7 cm³/mol. The molecule has 0 unspecified atom stereocenters. The number of aromatic nitrogens is 5. The number of nitrogens with one attached hydrogen (secondary N) is 1. The number of carbonyl (C=O) groups excluding carboxylic acids is 1. The van der Waals surface area contributed by atoms with Crippen LogP contribution in [-0.4, -0.2) is 50.3 Å². The van der Waals surface area contributed by atoms with Crippen molar-refractivity contribution in [2.45, 2.75) is 25.8 Å². The lowest BCUT2D eigenvalue weighted by molar-refractivity contribution is 0.0901. The monoisotopic (exact) mass is 327 g/mol. The summed E-state index contributed by atoms with van der Waals surface area (Å²) in [6.45, 7) is 3.44. The van der Waals surface area contributed by atoms with E-state index in [0.29, 0.717) is 11.4 Å². The summed E-state index contributed by atoms with van der Waals surface area (Å²) in [7, 11) is 0. The van der Waals surface area contributed by atoms with Crippen LogP contribution in [0.15, 0.2) is 28.7 Å². The van der Waals surface area contributed by atoms with Gasteiger partial charge in [-0.05, 0) is 54.5 Å². The number of furan rings is 1. The van der Waals surface area contributed by atoms with E-state index in [4.69, 9.17) is 4.42 Å². The zero-order valence-electron chi connectivity index (χ0n) is 13.2. The van der Waals surface area contributed by atoms with Crippen LogP contribution >= 0.6 is 0 Å². The van der Waals surface area contributed by atoms with Crippen LogP contribution in [-0.2, 0) is 0 Å². The summed E-state index contributed by atoms with van der Waals surface area (Å²) in [5.41, 5.74) is 0.620. The van der Waals surface area contributed by atoms with Crippen LogP contribution in [0.5, 0.6) is 0 Å². The molecule has 0 spiro atoms. The Morgan fingerprint density at radius 2 is 2.08 bits per heavy atom. The summed E-state index contributed by atoms with van der Waals surface area (Å²) < 4.78 is 6.78. The van der Waals surface area contributed by atoms with E-state index in [0.717, 1.165) is 37.5 Å². The Labute approximate surface area is 137 Å². The van der Waals surface area contributed by atoms with Gasteiger partial charge in [0.15, 0.2) is 17.2 Å². The van der Waals surface area contributed by atoms with Gasteiger partial charge in [0.2, 0.25) is 0 Å². The van der Waals surface area contributed by atoms with Crippen molar-refractivity contribution in [3.63, 3.8) is 0 Å². The molecule has 4 rings (SSSR count). The van der Waals surface area contributed by atoms with Gasteiger partial charge in [0.25, 0.3) is 5.91 Å². The number of hydrogen-bond donors (Lipinski definition) is 1. The molecule has 1 amide bonds. The topological polar surface area (TPSA) is 101 Å². The van der Waals surface area contributed by atoms with Gasteiger partial charge >= 0.3 is 0 Å². The Morgan fingerprint density at radius 1 is 1.25 bits per heavy atom. The number of tetrazole rings is 1. The molecule has 9 heteroatoms. The number of fused-ring (bicyclic) bond motifs is 1. The van der Waals surface area contributed by atoms with Crippen molar-refractivity contribution in [2.75, 3.05) is 18.0 Å². The fourth-order valence-corrected chi connectivity index (χ4v) is 2.87. The summed E-state index contributed by atoms with van der Waals surface area (Å²) >= 11 is 0. The van der Waals surface area contributed by atoms with E-state index in [1.807, 2.05) is 19.1 Å². The molecule has 3 aromatic heterocycles. The van der Waals surface area contributed by atoms with Crippen LogP contribution in [0.4, 0.5) is 5.82 Å². The van der Waals surface area contributed by atoms with Crippen LogP contribution in [0.1, 0.15) is 29.2 Å². The van der Waals surface area contributed by atoms with Gasteiger partial charge in [-0.3, -0.25) is 4.79 Å². The van der Waals surface area contributed by atoms with Gasteiger partial charge < -0.3 is 14.6 Å². The molecule has 0 aliphatic carbocycles. The number of anilines is 1. The van der Waals surface area contributed by atoms with Gasteiger partial charge in [0.1, 0.15) is 5.76 Å². The van der Waals surface area contributed by atoms with E-state index in [2.05, 4.69) is 30.8 Å². The lowest BCUT2D eigenvalue weighted by Gasteiger charge is -2.32. The van der Waals surface area contributed by atoms with E-state index in [1.54, 1.807) is 12.1 Å². The molecule has 0 atom stereocenters. The highest BCUT2D eigenvalue weighted by atomic mass is 16.3. The van der Waals surface area contributed by atoms with Crippen molar-refractivity contribution in [2.24, 2.45) is 0 Å². The normalized spacial score (nSPS) is 15.8. The highest BCUT2D eigenvalue weighted by Gasteiger charge is 2.23. The molecule has 1 aliphatic heterocycles. The first-order valence-electron chi connectivity index (χ1n) is 7.87. The third-order valence-corrected chi connectivity index (χ3v) is 4.17. The van der Waals surface area contributed by atoms with Gasteiger partial charge in [-0.1, -0.05) is 0 Å². The van der Waals surface area contributed by atoms with Crippen molar-refractivity contribution < 1.29 is 9.21 Å². The Morgan fingerprint density at radius 3 is 2.83 bits per heavy atom. The first-order chi connectivity index (χ1) is 11.7. The summed E-state index contributed by atoms with van der Waals surface area (Å²) in [4.78, 5) is 14.3. The highest BCUT2D eigenvalue weighted by molar-refractivity contribution is 5.91. The van der Waals surface area contributed by atoms with Crippen molar-refractivity contribution >= 4 is 17.4 Å². The van der Waals surface area contributed by atoms with E-state index in [1.165, 1.54) is 4.63 Å². The number of rotatable bonds is 3. The summed E-state index contributed by atoms with van der Waals surface area (Å²) in [6, 6.07) is 7.38. The number of piperidine rings is 1. The minimum atomic E-state index is -0.158. The zero-order chi connectivity index (χ0) is 16.5. The maximum atomic E-state index is 12.1. The van der Waals surface area contributed by atoms with Gasteiger partial charge in [-0.25, -0.2) is 0 Å². The number of nitrogens with zero attached hydrogens (tertiary/aromatic N) is 6. The van der Waals surface area contributed by atoms with Gasteiger partial charge in [-0.15, -0.1) is 14.8 Å². The standard InChI is InChI=1S/C15H17N7O2/c1-10-2-3-12(24-10)15(23)16-11-6-8-21(9-7-11)14-5-4-13-17-19-20-22(13)18-14/h2-5,11H,6-9H2,1H3,(H,16,23). The second-order valence-corrected chi connectivity index (χ2v) is 5.86. The Bertz CT molecular complexity index is 863. The third-order valence-electron chi connectivity index (χ3n) is 4.17. The molecule has 0 bridgehead atoms. The van der Waals surface area contributed by atoms with Crippen molar-refractivity contribution in [3.8, 4) is 0 Å². The van der Waals surface area contributed by atoms with Crippen LogP contribution in [0.25, 0.3) is 5.65 Å². The van der Waals surface area contributed by atoms with Crippen LogP contribution < -0.4 is 10.2 Å². The number of amides is 1. The first-order valence-corrected chi connectivity index (χ1v) is 7.87. The zero-order valence-corrected chi connectivity index (χ0v) is 13.2. The maximum absolute atomic E-state index is 12.1. The van der Waals surface area contributed by atoms with Crippen molar-refractivity contribution in [1.29, 1.82) is 0 Å². The molecular formula is C15H17N7O2. The van der Waals surface area contributed by atoms with Gasteiger partial charge in [0.05, 0.1) is 0 Å². The third kappa shape index (κ3) is 2.80. The fraction of sp³-hybridized carbons (Fsp3) is 0.400. The molecule has 0 aromatic carbocycles. The molecule has 0 radical (unpaired) electrons. The molecule has 0 saturated carbocycles. The highest BCUT2D eigenvalue weighted by Crippen LogP contribution is 2.18. The minimum Gasteiger partial charge on any atom is -0.456 e. The molecular weight excluding hydrogens is 310 g/mol. The van der Waals surface area contributed by atoms with Crippen LogP contribution in [0.2, 0.25) is 0 Å². The Kier molecular flexibility index (Phi) is 3.60. The Hall–Kier alpha value is -2.97. The SMILES string of the molecule is Cc1ccc(C(=O)NC2CCN(c3ccc4nnnn4n3)CC2)o1. The molecule has 9 nitrogen and oxygen atoms in total. The van der Waals surface area contributed by atoms with Gasteiger partial charge in [-0.2, -0.15) is 0 Å². The molecule has 1 saturated heterocycles. The van der Waals surface area contributed by atoms with E-state index >= 15 is 0 Å². The van der Waals surface area contributed by atoms with Crippen LogP contribution in [0, 0.1) is 6.92 Å². The molecule has 1 fully saturated rings. The van der Waals surface area contributed by atoms with E-state index in [-0.39, 0.29) is 11.9 Å².